The van der Waals surface area contributed by atoms with E-state index >= 15 is 0 Å². The van der Waals surface area contributed by atoms with Gasteiger partial charge in [-0.05, 0) is 12.8 Å². The molecule has 0 unspecified atom stereocenters. The van der Waals surface area contributed by atoms with Crippen LogP contribution in [-0.2, 0) is 12.4 Å². The van der Waals surface area contributed by atoms with Gasteiger partial charge < -0.3 is 0 Å². The van der Waals surface area contributed by atoms with Gasteiger partial charge in [0.15, 0.2) is 11.7 Å². The van der Waals surface area contributed by atoms with Gasteiger partial charge in [-0.2, -0.15) is 26.3 Å². The molecule has 0 nitrogen and oxygen atoms in total. The van der Waals surface area contributed by atoms with Crippen LogP contribution in [0.4, 0.5) is 43.9 Å². The standard InChI is InChI=1S/C18H16F10/c1-3-5-11(19)15(21)9-7-8-10(16(22)12(20)6-4-2)14(18(26,27)28)13(9)17(23,24)25/h7-8H,3-6H2,1-2H3/b15-11+,16-12+. The lowest BCUT2D eigenvalue weighted by Crippen LogP contribution is -2.21. The monoisotopic (exact) mass is 422 g/mol. The third-order valence-electron chi connectivity index (χ3n) is 3.66. The molecule has 10 heteroatoms. The second kappa shape index (κ2) is 9.00. The summed E-state index contributed by atoms with van der Waals surface area (Å²) in [7, 11) is 0. The van der Waals surface area contributed by atoms with Crippen molar-refractivity contribution >= 4 is 11.7 Å². The first kappa shape index (κ1) is 24.0. The maximum Gasteiger partial charge on any atom is 0.417 e. The Kier molecular flexibility index (Phi) is 7.73. The summed E-state index contributed by atoms with van der Waals surface area (Å²) in [5.74, 6) is -7.63. The van der Waals surface area contributed by atoms with Gasteiger partial charge in [0, 0.05) is 24.0 Å². The van der Waals surface area contributed by atoms with E-state index in [0.717, 1.165) is 0 Å². The van der Waals surface area contributed by atoms with Crippen molar-refractivity contribution < 1.29 is 43.9 Å². The summed E-state index contributed by atoms with van der Waals surface area (Å²) in [6, 6.07) is 0.327. The molecule has 0 aromatic heterocycles. The maximum atomic E-state index is 14.1. The van der Waals surface area contributed by atoms with Gasteiger partial charge in [0.1, 0.15) is 11.7 Å². The molecule has 0 N–H and O–H groups in total. The molecule has 0 radical (unpaired) electrons. The molecule has 0 spiro atoms. The maximum absolute atomic E-state index is 14.1. The van der Waals surface area contributed by atoms with Crippen LogP contribution in [0, 0.1) is 0 Å². The van der Waals surface area contributed by atoms with Crippen LogP contribution in [0.3, 0.4) is 0 Å². The van der Waals surface area contributed by atoms with Crippen molar-refractivity contribution in [2.24, 2.45) is 0 Å². The van der Waals surface area contributed by atoms with Crippen molar-refractivity contribution in [2.75, 3.05) is 0 Å². The van der Waals surface area contributed by atoms with E-state index in [4.69, 9.17) is 0 Å². The summed E-state index contributed by atoms with van der Waals surface area (Å²) in [6.45, 7) is 2.75. The Labute approximate surface area is 154 Å². The smallest absolute Gasteiger partial charge is 0.209 e. The van der Waals surface area contributed by atoms with E-state index in [1.165, 1.54) is 13.8 Å². The zero-order valence-corrected chi connectivity index (χ0v) is 14.8. The fraction of sp³-hybridized carbons (Fsp3) is 0.444. The van der Waals surface area contributed by atoms with Crippen molar-refractivity contribution in [1.29, 1.82) is 0 Å². The van der Waals surface area contributed by atoms with Crippen LogP contribution in [0.15, 0.2) is 23.8 Å². The van der Waals surface area contributed by atoms with Gasteiger partial charge in [-0.15, -0.1) is 0 Å². The van der Waals surface area contributed by atoms with Gasteiger partial charge in [-0.25, -0.2) is 17.6 Å². The molecule has 0 aliphatic rings. The van der Waals surface area contributed by atoms with E-state index in [-0.39, 0.29) is 25.0 Å². The van der Waals surface area contributed by atoms with Crippen molar-refractivity contribution in [2.45, 2.75) is 51.9 Å². The number of hydrogen-bond donors (Lipinski definition) is 0. The molecular formula is C18H16F10. The Balaban J connectivity index is 4.04. The third-order valence-corrected chi connectivity index (χ3v) is 3.66. The van der Waals surface area contributed by atoms with Gasteiger partial charge in [0.05, 0.1) is 11.1 Å². The summed E-state index contributed by atoms with van der Waals surface area (Å²) in [5.41, 5.74) is -8.67. The molecule has 0 heterocycles. The Bertz CT molecular complexity index is 701. The lowest BCUT2D eigenvalue weighted by Gasteiger charge is -2.21. The van der Waals surface area contributed by atoms with Crippen molar-refractivity contribution in [3.8, 4) is 0 Å². The Hall–Kier alpha value is -2.00. The van der Waals surface area contributed by atoms with Crippen molar-refractivity contribution in [3.63, 3.8) is 0 Å². The number of alkyl halides is 6. The minimum absolute atomic E-state index is 0.0234. The van der Waals surface area contributed by atoms with Crippen molar-refractivity contribution in [1.82, 2.24) is 0 Å². The number of hydrogen-bond acceptors (Lipinski definition) is 0. The minimum Gasteiger partial charge on any atom is -0.209 e. The Morgan fingerprint density at radius 1 is 0.643 bits per heavy atom. The lowest BCUT2D eigenvalue weighted by atomic mass is 9.92. The van der Waals surface area contributed by atoms with Gasteiger partial charge >= 0.3 is 12.4 Å². The fourth-order valence-electron chi connectivity index (χ4n) is 2.51. The molecule has 0 atom stereocenters. The molecule has 1 rings (SSSR count). The third kappa shape index (κ3) is 5.29. The van der Waals surface area contributed by atoms with Gasteiger partial charge in [-0.1, -0.05) is 26.0 Å². The molecule has 0 saturated carbocycles. The molecule has 158 valence electrons. The van der Waals surface area contributed by atoms with E-state index in [1.54, 1.807) is 0 Å². The first-order valence-corrected chi connectivity index (χ1v) is 8.17. The van der Waals surface area contributed by atoms with Crippen LogP contribution in [0.2, 0.25) is 0 Å². The number of benzene rings is 1. The zero-order valence-electron chi connectivity index (χ0n) is 14.8. The van der Waals surface area contributed by atoms with Crippen LogP contribution in [0.1, 0.15) is 61.8 Å². The first-order chi connectivity index (χ1) is 12.8. The summed E-state index contributed by atoms with van der Waals surface area (Å²) >= 11 is 0. The fourth-order valence-corrected chi connectivity index (χ4v) is 2.51. The van der Waals surface area contributed by atoms with Gasteiger partial charge in [-0.3, -0.25) is 0 Å². The van der Waals surface area contributed by atoms with E-state index in [2.05, 4.69) is 0 Å². The molecule has 0 amide bonds. The van der Waals surface area contributed by atoms with E-state index < -0.39 is 70.8 Å². The van der Waals surface area contributed by atoms with Gasteiger partial charge in [0.2, 0.25) is 0 Å². The molecule has 1 aromatic carbocycles. The topological polar surface area (TPSA) is 0 Å². The van der Waals surface area contributed by atoms with Crippen molar-refractivity contribution in [3.05, 3.63) is 46.0 Å². The van der Waals surface area contributed by atoms with Gasteiger partial charge in [0.25, 0.3) is 0 Å². The highest BCUT2D eigenvalue weighted by Gasteiger charge is 2.48. The zero-order chi connectivity index (χ0) is 21.9. The summed E-state index contributed by atoms with van der Waals surface area (Å²) < 4.78 is 136. The normalized spacial score (nSPS) is 14.7. The Morgan fingerprint density at radius 2 is 0.929 bits per heavy atom. The summed E-state index contributed by atoms with van der Waals surface area (Å²) in [5, 5.41) is 0. The molecule has 28 heavy (non-hydrogen) atoms. The van der Waals surface area contributed by atoms with E-state index in [1.807, 2.05) is 0 Å². The van der Waals surface area contributed by atoms with E-state index in [0.29, 0.717) is 0 Å². The van der Waals surface area contributed by atoms with Crippen LogP contribution in [-0.4, -0.2) is 0 Å². The lowest BCUT2D eigenvalue weighted by molar-refractivity contribution is -0.162. The molecule has 0 bridgehead atoms. The molecule has 0 aliphatic heterocycles. The summed E-state index contributed by atoms with van der Waals surface area (Å²) in [4.78, 5) is 0. The molecule has 0 aliphatic carbocycles. The second-order valence-electron chi connectivity index (χ2n) is 5.84. The molecule has 0 saturated heterocycles. The molecular weight excluding hydrogens is 406 g/mol. The highest BCUT2D eigenvalue weighted by atomic mass is 19.4. The van der Waals surface area contributed by atoms with Crippen LogP contribution in [0.5, 0.6) is 0 Å². The average Bonchev–Trinajstić information content (AvgIpc) is 2.58. The SMILES string of the molecule is CCC/C(F)=C(\F)c1ccc(/C(F)=C(\F)CCC)c(C(F)(F)F)c1C(F)(F)F. The second-order valence-corrected chi connectivity index (χ2v) is 5.84. The van der Waals surface area contributed by atoms with Crippen LogP contribution < -0.4 is 0 Å². The highest BCUT2D eigenvalue weighted by molar-refractivity contribution is 5.73. The predicted octanol–water partition coefficient (Wildman–Crippen LogP) is 8.54. The minimum atomic E-state index is -5.82. The largest absolute Gasteiger partial charge is 0.417 e. The quantitative estimate of drug-likeness (QED) is 0.403. The number of allylic oxidation sites excluding steroid dienone is 2. The Morgan fingerprint density at radius 3 is 1.14 bits per heavy atom. The first-order valence-electron chi connectivity index (χ1n) is 8.17. The molecule has 0 fully saturated rings. The number of rotatable bonds is 6. The van der Waals surface area contributed by atoms with E-state index in [9.17, 15) is 43.9 Å². The van der Waals surface area contributed by atoms with Crippen LogP contribution >= 0.6 is 0 Å². The van der Waals surface area contributed by atoms with Crippen LogP contribution in [0.25, 0.3) is 11.7 Å². The molecule has 1 aromatic rings. The number of halogens is 10. The average molecular weight is 422 g/mol. The highest BCUT2D eigenvalue weighted by Crippen LogP contribution is 2.48. The summed E-state index contributed by atoms with van der Waals surface area (Å²) in [6.07, 6.45) is -13.0. The predicted molar refractivity (Wildman–Crippen MR) is 84.5 cm³/mol.